The van der Waals surface area contributed by atoms with E-state index < -0.39 is 11.7 Å². The van der Waals surface area contributed by atoms with E-state index in [0.717, 1.165) is 25.0 Å². The van der Waals surface area contributed by atoms with Crippen molar-refractivity contribution < 1.29 is 22.7 Å². The molecule has 2 aromatic rings. The maximum absolute atomic E-state index is 12.6. The zero-order chi connectivity index (χ0) is 18.6. The van der Waals surface area contributed by atoms with Gasteiger partial charge in [0.05, 0.1) is 12.1 Å². The van der Waals surface area contributed by atoms with Gasteiger partial charge in [0.2, 0.25) is 5.88 Å². The van der Waals surface area contributed by atoms with Gasteiger partial charge in [-0.15, -0.1) is 5.10 Å². The highest BCUT2D eigenvalue weighted by Gasteiger charge is 2.30. The monoisotopic (exact) mass is 366 g/mol. The van der Waals surface area contributed by atoms with E-state index in [-0.39, 0.29) is 12.1 Å². The van der Waals surface area contributed by atoms with Crippen LogP contribution in [0.2, 0.25) is 0 Å². The summed E-state index contributed by atoms with van der Waals surface area (Å²) in [7, 11) is 0. The van der Waals surface area contributed by atoms with Crippen LogP contribution in [0.15, 0.2) is 42.6 Å². The quantitative estimate of drug-likeness (QED) is 0.902. The summed E-state index contributed by atoms with van der Waals surface area (Å²) in [6, 6.07) is 7.36. The molecule has 1 atom stereocenters. The fraction of sp³-hybridized carbons (Fsp3) is 0.353. The molecule has 1 aromatic carbocycles. The van der Waals surface area contributed by atoms with Crippen LogP contribution in [0.5, 0.6) is 5.88 Å². The highest BCUT2D eigenvalue weighted by molar-refractivity contribution is 5.89. The number of ether oxygens (including phenoxy) is 1. The van der Waals surface area contributed by atoms with Gasteiger partial charge in [-0.2, -0.15) is 18.3 Å². The molecular formula is C17H17F3N4O2. The molecule has 26 heavy (non-hydrogen) atoms. The summed E-state index contributed by atoms with van der Waals surface area (Å²) in [6.07, 6.45) is -1.54. The fourth-order valence-corrected chi connectivity index (χ4v) is 2.68. The van der Waals surface area contributed by atoms with E-state index >= 15 is 0 Å². The zero-order valence-corrected chi connectivity index (χ0v) is 13.7. The highest BCUT2D eigenvalue weighted by Crippen LogP contribution is 2.30. The summed E-state index contributed by atoms with van der Waals surface area (Å²) in [4.78, 5) is 13.9. The van der Waals surface area contributed by atoms with E-state index in [2.05, 4.69) is 15.5 Å². The van der Waals surface area contributed by atoms with Crippen LogP contribution in [0, 0.1) is 0 Å². The van der Waals surface area contributed by atoms with Crippen molar-refractivity contribution in [3.63, 3.8) is 0 Å². The van der Waals surface area contributed by atoms with E-state index in [1.165, 1.54) is 18.3 Å². The number of halogens is 3. The number of anilines is 1. The summed E-state index contributed by atoms with van der Waals surface area (Å²) >= 11 is 0. The Morgan fingerprint density at radius 1 is 1.23 bits per heavy atom. The Morgan fingerprint density at radius 2 is 2.00 bits per heavy atom. The van der Waals surface area contributed by atoms with E-state index in [4.69, 9.17) is 4.74 Å². The Balaban J connectivity index is 1.57. The first-order chi connectivity index (χ1) is 12.4. The molecule has 6 nitrogen and oxygen atoms in total. The van der Waals surface area contributed by atoms with Crippen LogP contribution < -0.4 is 10.1 Å². The predicted octanol–water partition coefficient (Wildman–Crippen LogP) is 3.57. The van der Waals surface area contributed by atoms with Crippen LogP contribution in [-0.4, -0.2) is 40.3 Å². The Morgan fingerprint density at radius 3 is 2.65 bits per heavy atom. The molecule has 1 fully saturated rings. The van der Waals surface area contributed by atoms with Gasteiger partial charge in [0, 0.05) is 24.5 Å². The fourth-order valence-electron chi connectivity index (χ4n) is 2.68. The molecule has 138 valence electrons. The lowest BCUT2D eigenvalue weighted by molar-refractivity contribution is -0.137. The molecule has 2 amide bonds. The standard InChI is InChI=1S/C17H17F3N4O2/c18-17(19,20)12-5-7-13(8-6-12)22-16(25)24-10-2-3-14(11-24)26-15-4-1-9-21-23-15/h1,4-9,14H,2-3,10-11H2,(H,22,25). The first kappa shape index (κ1) is 18.0. The second kappa shape index (κ2) is 7.59. The smallest absolute Gasteiger partial charge is 0.416 e. The number of nitrogens with one attached hydrogen (secondary N) is 1. The lowest BCUT2D eigenvalue weighted by atomic mass is 10.1. The van der Waals surface area contributed by atoms with Crippen molar-refractivity contribution in [3.8, 4) is 5.88 Å². The van der Waals surface area contributed by atoms with Crippen molar-refractivity contribution in [2.75, 3.05) is 18.4 Å². The Labute approximate surface area is 148 Å². The van der Waals surface area contributed by atoms with Crippen molar-refractivity contribution in [1.82, 2.24) is 15.1 Å². The molecule has 3 rings (SSSR count). The predicted molar refractivity (Wildman–Crippen MR) is 87.7 cm³/mol. The number of urea groups is 1. The van der Waals surface area contributed by atoms with Crippen LogP contribution >= 0.6 is 0 Å². The summed E-state index contributed by atoms with van der Waals surface area (Å²) < 4.78 is 43.4. The van der Waals surface area contributed by atoms with Crippen molar-refractivity contribution in [2.24, 2.45) is 0 Å². The third kappa shape index (κ3) is 4.62. The molecule has 0 saturated carbocycles. The number of carbonyl (C=O) groups excluding carboxylic acids is 1. The highest BCUT2D eigenvalue weighted by atomic mass is 19.4. The van der Waals surface area contributed by atoms with Crippen LogP contribution in [0.4, 0.5) is 23.7 Å². The molecule has 0 aliphatic carbocycles. The number of amides is 2. The molecule has 1 aromatic heterocycles. The second-order valence-corrected chi connectivity index (χ2v) is 5.90. The number of piperidine rings is 1. The third-order valence-corrected chi connectivity index (χ3v) is 3.96. The van der Waals surface area contributed by atoms with Crippen LogP contribution in [-0.2, 0) is 6.18 Å². The third-order valence-electron chi connectivity index (χ3n) is 3.96. The first-order valence-electron chi connectivity index (χ1n) is 8.09. The average molecular weight is 366 g/mol. The summed E-state index contributed by atoms with van der Waals surface area (Å²) in [5.74, 6) is 0.391. The largest absolute Gasteiger partial charge is 0.471 e. The van der Waals surface area contributed by atoms with Gasteiger partial charge in [-0.05, 0) is 43.2 Å². The van der Waals surface area contributed by atoms with E-state index in [1.54, 1.807) is 17.0 Å². The summed E-state index contributed by atoms with van der Waals surface area (Å²) in [5.41, 5.74) is -0.453. The van der Waals surface area contributed by atoms with Gasteiger partial charge in [-0.1, -0.05) is 0 Å². The number of aromatic nitrogens is 2. The van der Waals surface area contributed by atoms with E-state index in [0.29, 0.717) is 24.7 Å². The maximum Gasteiger partial charge on any atom is 0.416 e. The average Bonchev–Trinajstić information content (AvgIpc) is 2.62. The lowest BCUT2D eigenvalue weighted by Gasteiger charge is -2.32. The zero-order valence-electron chi connectivity index (χ0n) is 13.7. The molecule has 1 saturated heterocycles. The molecule has 1 unspecified atom stereocenters. The molecule has 9 heteroatoms. The molecule has 0 spiro atoms. The normalized spacial score (nSPS) is 17.7. The summed E-state index contributed by atoms with van der Waals surface area (Å²) in [6.45, 7) is 0.913. The van der Waals surface area contributed by atoms with Gasteiger partial charge in [0.15, 0.2) is 0 Å². The number of hydrogen-bond donors (Lipinski definition) is 1. The Kier molecular flexibility index (Phi) is 5.24. The molecule has 0 radical (unpaired) electrons. The topological polar surface area (TPSA) is 67.4 Å². The van der Waals surface area contributed by atoms with Crippen molar-refractivity contribution in [2.45, 2.75) is 25.1 Å². The van der Waals surface area contributed by atoms with Gasteiger partial charge in [0.25, 0.3) is 0 Å². The van der Waals surface area contributed by atoms with Crippen molar-refractivity contribution in [1.29, 1.82) is 0 Å². The minimum absolute atomic E-state index is 0.209. The number of rotatable bonds is 3. The van der Waals surface area contributed by atoms with Gasteiger partial charge in [-0.3, -0.25) is 0 Å². The number of carbonyl (C=O) groups is 1. The first-order valence-corrected chi connectivity index (χ1v) is 8.09. The maximum atomic E-state index is 12.6. The van der Waals surface area contributed by atoms with Crippen LogP contribution in [0.3, 0.4) is 0 Å². The Bertz CT molecular complexity index is 738. The number of likely N-dealkylation sites (tertiary alicyclic amines) is 1. The number of hydrogen-bond acceptors (Lipinski definition) is 4. The molecule has 0 bridgehead atoms. The molecule has 1 N–H and O–H groups in total. The molecule has 1 aliphatic heterocycles. The van der Waals surface area contributed by atoms with Gasteiger partial charge in [0.1, 0.15) is 6.10 Å². The van der Waals surface area contributed by atoms with Gasteiger partial charge < -0.3 is 15.0 Å². The van der Waals surface area contributed by atoms with Gasteiger partial charge >= 0.3 is 12.2 Å². The van der Waals surface area contributed by atoms with Crippen molar-refractivity contribution >= 4 is 11.7 Å². The number of alkyl halides is 3. The minimum Gasteiger partial charge on any atom is -0.471 e. The van der Waals surface area contributed by atoms with Crippen LogP contribution in [0.1, 0.15) is 18.4 Å². The summed E-state index contributed by atoms with van der Waals surface area (Å²) in [5, 5.41) is 10.2. The number of nitrogens with zero attached hydrogens (tertiary/aromatic N) is 3. The molecule has 2 heterocycles. The lowest BCUT2D eigenvalue weighted by Crippen LogP contribution is -2.46. The number of benzene rings is 1. The molecule has 1 aliphatic rings. The van der Waals surface area contributed by atoms with E-state index in [9.17, 15) is 18.0 Å². The second-order valence-electron chi connectivity index (χ2n) is 5.90. The van der Waals surface area contributed by atoms with E-state index in [1.807, 2.05) is 0 Å². The molecular weight excluding hydrogens is 349 g/mol. The SMILES string of the molecule is O=C(Nc1ccc(C(F)(F)F)cc1)N1CCCC(Oc2cccnn2)C1. The van der Waals surface area contributed by atoms with Crippen molar-refractivity contribution in [3.05, 3.63) is 48.2 Å². The van der Waals surface area contributed by atoms with Crippen LogP contribution in [0.25, 0.3) is 0 Å². The minimum atomic E-state index is -4.40. The Hall–Kier alpha value is -2.84. The van der Waals surface area contributed by atoms with Gasteiger partial charge in [-0.25, -0.2) is 4.79 Å².